The largest absolute Gasteiger partial charge is 0.388 e. The lowest BCUT2D eigenvalue weighted by Crippen LogP contribution is -2.01. The minimum absolute atomic E-state index is 0.295. The van der Waals surface area contributed by atoms with Gasteiger partial charge in [-0.25, -0.2) is 0 Å². The first kappa shape index (κ1) is 10.0. The van der Waals surface area contributed by atoms with E-state index in [0.717, 1.165) is 17.5 Å². The molecule has 0 aliphatic heterocycles. The van der Waals surface area contributed by atoms with Crippen molar-refractivity contribution in [3.63, 3.8) is 0 Å². The van der Waals surface area contributed by atoms with E-state index in [0.29, 0.717) is 0 Å². The quantitative estimate of drug-likeness (QED) is 0.643. The molecular weight excluding hydrogens is 160 g/mol. The van der Waals surface area contributed by atoms with Crippen molar-refractivity contribution in [2.45, 2.75) is 26.4 Å². The first-order chi connectivity index (χ1) is 6.38. The second-order valence-corrected chi connectivity index (χ2v) is 2.78. The Morgan fingerprint density at radius 1 is 1.23 bits per heavy atom. The highest BCUT2D eigenvalue weighted by Gasteiger charge is 2.11. The van der Waals surface area contributed by atoms with E-state index in [1.54, 1.807) is 0 Å². The average molecular weight is 176 g/mol. The van der Waals surface area contributed by atoms with E-state index in [2.05, 4.69) is 6.08 Å². The zero-order valence-electron chi connectivity index (χ0n) is 8.20. The lowest BCUT2D eigenvalue weighted by Gasteiger charge is -2.15. The van der Waals surface area contributed by atoms with Crippen LogP contribution in [0.5, 0.6) is 0 Å². The highest BCUT2D eigenvalue weighted by molar-refractivity contribution is 5.56. The van der Waals surface area contributed by atoms with Gasteiger partial charge in [0.2, 0.25) is 0 Å². The summed E-state index contributed by atoms with van der Waals surface area (Å²) in [7, 11) is 0. The van der Waals surface area contributed by atoms with E-state index in [1.807, 2.05) is 44.2 Å². The summed E-state index contributed by atoms with van der Waals surface area (Å²) in [6.07, 6.45) is 4.52. The maximum absolute atomic E-state index is 9.51. The minimum Gasteiger partial charge on any atom is -0.388 e. The van der Waals surface area contributed by atoms with E-state index in [4.69, 9.17) is 0 Å². The summed E-state index contributed by atoms with van der Waals surface area (Å²) in [6, 6.07) is 7.94. The number of aliphatic hydroxyl groups is 1. The first-order valence-electron chi connectivity index (χ1n) is 4.81. The Balaban J connectivity index is 0.000000396. The topological polar surface area (TPSA) is 20.2 Å². The molecule has 1 aliphatic rings. The first-order valence-corrected chi connectivity index (χ1v) is 4.81. The van der Waals surface area contributed by atoms with Crippen LogP contribution in [0, 0.1) is 0 Å². The van der Waals surface area contributed by atoms with Gasteiger partial charge in [0.05, 0.1) is 6.10 Å². The highest BCUT2D eigenvalue weighted by atomic mass is 16.3. The van der Waals surface area contributed by atoms with Gasteiger partial charge in [0, 0.05) is 0 Å². The van der Waals surface area contributed by atoms with Gasteiger partial charge in [0.25, 0.3) is 0 Å². The summed E-state index contributed by atoms with van der Waals surface area (Å²) < 4.78 is 0. The van der Waals surface area contributed by atoms with Crippen LogP contribution < -0.4 is 0 Å². The zero-order chi connectivity index (χ0) is 9.68. The summed E-state index contributed by atoms with van der Waals surface area (Å²) in [5.74, 6) is 0. The van der Waals surface area contributed by atoms with E-state index in [1.165, 1.54) is 0 Å². The molecule has 1 aromatic rings. The van der Waals surface area contributed by atoms with E-state index in [9.17, 15) is 5.11 Å². The van der Waals surface area contributed by atoms with Gasteiger partial charge in [0.15, 0.2) is 0 Å². The third kappa shape index (κ3) is 2.19. The third-order valence-corrected chi connectivity index (χ3v) is 2.01. The average Bonchev–Trinajstić information content (AvgIpc) is 2.22. The van der Waals surface area contributed by atoms with Crippen LogP contribution in [0.1, 0.15) is 37.5 Å². The monoisotopic (exact) mass is 176 g/mol. The highest BCUT2D eigenvalue weighted by Crippen LogP contribution is 2.26. The van der Waals surface area contributed by atoms with Crippen molar-refractivity contribution in [3.05, 3.63) is 41.5 Å². The van der Waals surface area contributed by atoms with E-state index in [-0.39, 0.29) is 6.10 Å². The molecule has 0 bridgehead atoms. The van der Waals surface area contributed by atoms with Crippen LogP contribution in [0.3, 0.4) is 0 Å². The number of benzene rings is 1. The summed E-state index contributed by atoms with van der Waals surface area (Å²) in [6.45, 7) is 4.00. The number of hydrogen-bond donors (Lipinski definition) is 1. The second-order valence-electron chi connectivity index (χ2n) is 2.78. The molecule has 0 fully saturated rings. The number of hydrogen-bond acceptors (Lipinski definition) is 1. The Kier molecular flexibility index (Phi) is 3.71. The van der Waals surface area contributed by atoms with Crippen molar-refractivity contribution < 1.29 is 5.11 Å². The fourth-order valence-electron chi connectivity index (χ4n) is 1.42. The fraction of sp³-hybridized carbons (Fsp3) is 0.333. The van der Waals surface area contributed by atoms with Crippen LogP contribution in [0.15, 0.2) is 30.3 Å². The van der Waals surface area contributed by atoms with Gasteiger partial charge in [0.1, 0.15) is 0 Å². The fourth-order valence-corrected chi connectivity index (χ4v) is 1.42. The molecule has 0 radical (unpaired) electrons. The van der Waals surface area contributed by atoms with Gasteiger partial charge in [-0.05, 0) is 17.5 Å². The van der Waals surface area contributed by atoms with E-state index < -0.39 is 0 Å². The molecule has 1 heteroatoms. The Hall–Kier alpha value is -1.08. The van der Waals surface area contributed by atoms with Gasteiger partial charge in [-0.3, -0.25) is 0 Å². The van der Waals surface area contributed by atoms with E-state index >= 15 is 0 Å². The van der Waals surface area contributed by atoms with Crippen LogP contribution in [0.2, 0.25) is 0 Å². The molecular formula is C12H16O. The normalized spacial score (nSPS) is 18.5. The van der Waals surface area contributed by atoms with Crippen LogP contribution in [0.4, 0.5) is 0 Å². The maximum atomic E-state index is 9.51. The van der Waals surface area contributed by atoms with Crippen molar-refractivity contribution >= 4 is 6.08 Å². The molecule has 1 atom stereocenters. The van der Waals surface area contributed by atoms with Crippen molar-refractivity contribution in [2.24, 2.45) is 0 Å². The predicted molar refractivity (Wildman–Crippen MR) is 56.4 cm³/mol. The zero-order valence-corrected chi connectivity index (χ0v) is 8.20. The molecule has 0 amide bonds. The van der Waals surface area contributed by atoms with Gasteiger partial charge in [-0.2, -0.15) is 0 Å². The van der Waals surface area contributed by atoms with Crippen LogP contribution in [0.25, 0.3) is 6.08 Å². The molecule has 0 heterocycles. The SMILES string of the molecule is CC.O[C@H]1CC=Cc2ccccc21. The molecule has 0 aromatic heterocycles. The second kappa shape index (κ2) is 4.83. The number of aliphatic hydroxyl groups excluding tert-OH is 1. The third-order valence-electron chi connectivity index (χ3n) is 2.01. The van der Waals surface area contributed by atoms with Gasteiger partial charge >= 0.3 is 0 Å². The molecule has 13 heavy (non-hydrogen) atoms. The Morgan fingerprint density at radius 3 is 2.62 bits per heavy atom. The molecule has 1 aliphatic carbocycles. The summed E-state index contributed by atoms with van der Waals surface area (Å²) in [5, 5.41) is 9.51. The Bertz CT molecular complexity index is 289. The minimum atomic E-state index is -0.295. The maximum Gasteiger partial charge on any atom is 0.0830 e. The van der Waals surface area contributed by atoms with Gasteiger partial charge in [-0.1, -0.05) is 50.3 Å². The number of rotatable bonds is 0. The van der Waals surface area contributed by atoms with Crippen LogP contribution in [-0.4, -0.2) is 5.11 Å². The van der Waals surface area contributed by atoms with Gasteiger partial charge < -0.3 is 5.11 Å². The lowest BCUT2D eigenvalue weighted by molar-refractivity contribution is 0.180. The molecule has 0 saturated carbocycles. The Morgan fingerprint density at radius 2 is 1.92 bits per heavy atom. The molecule has 70 valence electrons. The summed E-state index contributed by atoms with van der Waals surface area (Å²) >= 11 is 0. The van der Waals surface area contributed by atoms with Crippen molar-refractivity contribution in [3.8, 4) is 0 Å². The number of fused-ring (bicyclic) bond motifs is 1. The van der Waals surface area contributed by atoms with Crippen molar-refractivity contribution in [1.82, 2.24) is 0 Å². The summed E-state index contributed by atoms with van der Waals surface area (Å²) in [5.41, 5.74) is 2.20. The molecule has 0 saturated heterocycles. The van der Waals surface area contributed by atoms with Crippen molar-refractivity contribution in [1.29, 1.82) is 0 Å². The molecule has 0 spiro atoms. The molecule has 1 nitrogen and oxygen atoms in total. The molecule has 2 rings (SSSR count). The molecule has 1 aromatic carbocycles. The Labute approximate surface area is 79.7 Å². The van der Waals surface area contributed by atoms with Crippen LogP contribution in [-0.2, 0) is 0 Å². The van der Waals surface area contributed by atoms with Crippen LogP contribution >= 0.6 is 0 Å². The molecule has 0 unspecified atom stereocenters. The smallest absolute Gasteiger partial charge is 0.0830 e. The standard InChI is InChI=1S/C10H10O.C2H6/c11-10-7-3-5-8-4-1-2-6-9(8)10;1-2/h1-6,10-11H,7H2;1-2H3/t10-;/m0./s1. The summed E-state index contributed by atoms with van der Waals surface area (Å²) in [4.78, 5) is 0. The van der Waals surface area contributed by atoms with Gasteiger partial charge in [-0.15, -0.1) is 0 Å². The predicted octanol–water partition coefficient (Wildman–Crippen LogP) is 3.16. The lowest BCUT2D eigenvalue weighted by atomic mass is 9.95. The molecule has 1 N–H and O–H groups in total. The van der Waals surface area contributed by atoms with Crippen molar-refractivity contribution in [2.75, 3.05) is 0 Å².